The van der Waals surface area contributed by atoms with Crippen LogP contribution in [0.3, 0.4) is 0 Å². The van der Waals surface area contributed by atoms with Crippen molar-refractivity contribution in [3.63, 3.8) is 0 Å². The number of fused-ring (bicyclic) bond motifs is 1. The van der Waals surface area contributed by atoms with Gasteiger partial charge in [0.15, 0.2) is 27.5 Å². The third-order valence-corrected chi connectivity index (χ3v) is 8.58. The molecule has 0 atom stereocenters. The molecule has 0 radical (unpaired) electrons. The van der Waals surface area contributed by atoms with Crippen LogP contribution in [-0.2, 0) is 19.9 Å². The van der Waals surface area contributed by atoms with Crippen LogP contribution >= 0.6 is 11.3 Å². The van der Waals surface area contributed by atoms with Crippen LogP contribution in [0.5, 0.6) is 0 Å². The Labute approximate surface area is 197 Å². The van der Waals surface area contributed by atoms with Crippen molar-refractivity contribution in [2.45, 2.75) is 9.79 Å². The molecule has 1 aromatic heterocycles. The van der Waals surface area contributed by atoms with E-state index in [2.05, 4.69) is 25.5 Å². The zero-order chi connectivity index (χ0) is 24.7. The maximum Gasteiger partial charge on any atom is 0.318 e. The lowest BCUT2D eigenvalue weighted by Crippen LogP contribution is -2.24. The van der Waals surface area contributed by atoms with Gasteiger partial charge < -0.3 is 11.5 Å². The second-order valence-corrected chi connectivity index (χ2v) is 11.6. The summed E-state index contributed by atoms with van der Waals surface area (Å²) in [5, 5.41) is 15.8. The van der Waals surface area contributed by atoms with Gasteiger partial charge in [-0.25, -0.2) is 36.7 Å². The number of para-hydroxylation sites is 1. The highest BCUT2D eigenvalue weighted by Gasteiger charge is 2.32. The molecule has 0 saturated heterocycles. The molecule has 0 bridgehead atoms. The van der Waals surface area contributed by atoms with Crippen LogP contribution in [-0.4, -0.2) is 52.7 Å². The van der Waals surface area contributed by atoms with Gasteiger partial charge in [0.25, 0.3) is 0 Å². The van der Waals surface area contributed by atoms with Gasteiger partial charge in [0.2, 0.25) is 10.0 Å². The van der Waals surface area contributed by atoms with E-state index in [4.69, 9.17) is 16.6 Å². The van der Waals surface area contributed by atoms with Gasteiger partial charge >= 0.3 is 6.03 Å². The number of nitrogens with two attached hydrogens (primary N) is 3. The number of sulfonamides is 1. The number of thiazole rings is 1. The Balaban J connectivity index is 2.10. The molecule has 0 fully saturated rings. The predicted octanol–water partition coefficient (Wildman–Crippen LogP) is 1.00. The van der Waals surface area contributed by atoms with Gasteiger partial charge in [-0.3, -0.25) is 5.32 Å². The van der Waals surface area contributed by atoms with Crippen LogP contribution < -0.4 is 21.9 Å². The van der Waals surface area contributed by atoms with E-state index in [0.717, 1.165) is 17.4 Å². The minimum absolute atomic E-state index is 0.0633. The molecule has 2 heterocycles. The Morgan fingerprint density at radius 3 is 2.50 bits per heavy atom. The number of primary sulfonamides is 1. The summed E-state index contributed by atoms with van der Waals surface area (Å²) >= 11 is 1.15. The molecule has 0 unspecified atom stereocenters. The molecule has 0 spiro atoms. The minimum atomic E-state index is -4.59. The second-order valence-electron chi connectivity index (χ2n) is 6.99. The normalized spacial score (nSPS) is 13.9. The fourth-order valence-electron chi connectivity index (χ4n) is 3.49. The first-order valence-corrected chi connectivity index (χ1v) is 13.6. The Hall–Kier alpha value is -3.31. The van der Waals surface area contributed by atoms with Gasteiger partial charge in [0.05, 0.1) is 26.4 Å². The summed E-state index contributed by atoms with van der Waals surface area (Å²) in [6, 6.07) is 6.89. The number of azo groups is 1. The number of hydrogen-bond acceptors (Lipinski definition) is 11. The molecule has 178 valence electrons. The number of primary amides is 1. The van der Waals surface area contributed by atoms with Crippen molar-refractivity contribution in [2.24, 2.45) is 31.8 Å². The summed E-state index contributed by atoms with van der Waals surface area (Å²) in [5.74, 6) is -0.585. The quantitative estimate of drug-likeness (QED) is 0.351. The van der Waals surface area contributed by atoms with Crippen LogP contribution in [0.1, 0.15) is 5.56 Å². The number of carbonyl (C=O) groups is 1. The topological polar surface area (TPSA) is 225 Å². The van der Waals surface area contributed by atoms with E-state index in [9.17, 15) is 21.6 Å². The highest BCUT2D eigenvalue weighted by molar-refractivity contribution is 7.93. The van der Waals surface area contributed by atoms with Crippen molar-refractivity contribution >= 4 is 58.4 Å². The monoisotopic (exact) mass is 522 g/mol. The lowest BCUT2D eigenvalue weighted by atomic mass is 9.98. The molecule has 7 N–H and O–H groups in total. The zero-order valence-electron chi connectivity index (χ0n) is 17.3. The molecule has 2 amide bonds. The molecule has 0 aliphatic carbocycles. The van der Waals surface area contributed by atoms with E-state index in [1.807, 2.05) is 0 Å². The summed E-state index contributed by atoms with van der Waals surface area (Å²) in [6.45, 7) is -0.288. The molecule has 34 heavy (non-hydrogen) atoms. The first-order valence-electron chi connectivity index (χ1n) is 9.54. The summed E-state index contributed by atoms with van der Waals surface area (Å²) in [5.41, 5.74) is 11.6. The Kier molecular flexibility index (Phi) is 6.17. The number of aromatic nitrogens is 1. The number of urea groups is 1. The summed E-state index contributed by atoms with van der Waals surface area (Å²) < 4.78 is 51.9. The van der Waals surface area contributed by atoms with Gasteiger partial charge in [-0.05, 0) is 17.7 Å². The number of nitrogens with one attached hydrogen (secondary N) is 1. The predicted molar refractivity (Wildman–Crippen MR) is 127 cm³/mol. The van der Waals surface area contributed by atoms with Gasteiger partial charge in [0.1, 0.15) is 4.90 Å². The van der Waals surface area contributed by atoms with Gasteiger partial charge in [-0.1, -0.05) is 29.5 Å². The van der Waals surface area contributed by atoms with Crippen molar-refractivity contribution in [1.82, 2.24) is 4.98 Å². The Morgan fingerprint density at radius 2 is 1.88 bits per heavy atom. The standard InChI is InChI=1S/C18H18N8O5S3/c19-6-7-33(28,29)12-5-4-9(13(15(12)34(21,30)31)16-22-8-23-26-16)10-2-1-3-11-14(10)24-18(32-11)25-17(20)27/h1-5H,6-8,19H2,(H2,21,30,31)(H3,20,24,25,27). The summed E-state index contributed by atoms with van der Waals surface area (Å²) in [7, 11) is -8.70. The fraction of sp³-hybridized carbons (Fsp3) is 0.167. The van der Waals surface area contributed by atoms with Crippen LogP contribution in [0, 0.1) is 0 Å². The summed E-state index contributed by atoms with van der Waals surface area (Å²) in [6.07, 6.45) is 0. The van der Waals surface area contributed by atoms with Gasteiger partial charge in [-0.2, -0.15) is 5.11 Å². The maximum absolute atomic E-state index is 12.9. The highest BCUT2D eigenvalue weighted by Crippen LogP contribution is 2.39. The number of hydrogen-bond donors (Lipinski definition) is 4. The fourth-order valence-corrected chi connectivity index (χ4v) is 7.13. The molecule has 16 heteroatoms. The molecule has 3 aromatic rings. The SMILES string of the molecule is NCCS(=O)(=O)c1ccc(-c2cccc3sc(NC(N)=O)nc23)c(C2=NCN=N2)c1S(N)(=O)=O. The van der Waals surface area contributed by atoms with E-state index < -0.39 is 41.4 Å². The number of anilines is 1. The lowest BCUT2D eigenvalue weighted by Gasteiger charge is -2.17. The van der Waals surface area contributed by atoms with E-state index in [-0.39, 0.29) is 35.3 Å². The first-order chi connectivity index (χ1) is 16.0. The zero-order valence-corrected chi connectivity index (χ0v) is 19.7. The van der Waals surface area contributed by atoms with Crippen molar-refractivity contribution in [2.75, 3.05) is 24.3 Å². The molecular weight excluding hydrogens is 504 g/mol. The van der Waals surface area contributed by atoms with Crippen LogP contribution in [0.15, 0.2) is 55.3 Å². The van der Waals surface area contributed by atoms with Crippen molar-refractivity contribution in [1.29, 1.82) is 0 Å². The van der Waals surface area contributed by atoms with Crippen LogP contribution in [0.4, 0.5) is 9.93 Å². The van der Waals surface area contributed by atoms with Crippen LogP contribution in [0.25, 0.3) is 21.3 Å². The van der Waals surface area contributed by atoms with Gasteiger partial charge in [-0.15, -0.1) is 5.11 Å². The molecule has 2 aromatic carbocycles. The number of nitrogens with zero attached hydrogens (tertiary/aromatic N) is 4. The number of carbonyl (C=O) groups excluding carboxylic acids is 1. The largest absolute Gasteiger partial charge is 0.351 e. The first kappa shape index (κ1) is 23.8. The average molecular weight is 523 g/mol. The van der Waals surface area contributed by atoms with Crippen LogP contribution in [0.2, 0.25) is 0 Å². The third-order valence-electron chi connectivity index (χ3n) is 4.74. The Morgan fingerprint density at radius 1 is 1.12 bits per heavy atom. The number of sulfone groups is 1. The molecular formula is C18H18N8O5S3. The van der Waals surface area contributed by atoms with E-state index in [1.165, 1.54) is 6.07 Å². The number of rotatable bonds is 7. The van der Waals surface area contributed by atoms with E-state index >= 15 is 0 Å². The van der Waals surface area contributed by atoms with Crippen molar-refractivity contribution in [3.05, 3.63) is 35.9 Å². The molecule has 0 saturated carbocycles. The van der Waals surface area contributed by atoms with Gasteiger partial charge in [0, 0.05) is 12.1 Å². The summed E-state index contributed by atoms with van der Waals surface area (Å²) in [4.78, 5) is 18.6. The number of aliphatic imine (C=N–C) groups is 1. The molecule has 1 aliphatic rings. The second kappa shape index (κ2) is 8.80. The average Bonchev–Trinajstić information content (AvgIpc) is 3.40. The van der Waals surface area contributed by atoms with Crippen molar-refractivity contribution in [3.8, 4) is 11.1 Å². The molecule has 13 nitrogen and oxygen atoms in total. The minimum Gasteiger partial charge on any atom is -0.351 e. The highest BCUT2D eigenvalue weighted by atomic mass is 32.2. The third kappa shape index (κ3) is 4.40. The smallest absolute Gasteiger partial charge is 0.318 e. The molecule has 1 aliphatic heterocycles. The number of amides is 2. The number of amidine groups is 1. The van der Waals surface area contributed by atoms with E-state index in [0.29, 0.717) is 15.8 Å². The lowest BCUT2D eigenvalue weighted by molar-refractivity contribution is 0.259. The van der Waals surface area contributed by atoms with E-state index in [1.54, 1.807) is 18.2 Å². The molecule has 4 rings (SSSR count). The number of benzene rings is 2. The van der Waals surface area contributed by atoms with Crippen molar-refractivity contribution < 1.29 is 21.6 Å². The Bertz CT molecular complexity index is 1590. The maximum atomic E-state index is 12.9.